The molecule has 0 radical (unpaired) electrons. The Bertz CT molecular complexity index is 965. The summed E-state index contributed by atoms with van der Waals surface area (Å²) in [6, 6.07) is 8.18. The Morgan fingerprint density at radius 2 is 2.03 bits per heavy atom. The van der Waals surface area contributed by atoms with Gasteiger partial charge in [0.25, 0.3) is 0 Å². The first-order chi connectivity index (χ1) is 15.5. The number of aromatic nitrogens is 1. The molecule has 1 aliphatic heterocycles. The summed E-state index contributed by atoms with van der Waals surface area (Å²) in [4.78, 5) is 17.2. The molecule has 2 aromatic rings. The number of thioether (sulfide) groups is 1. The first-order valence-corrected chi connectivity index (χ1v) is 12.2. The number of benzene rings is 1. The van der Waals surface area contributed by atoms with Crippen molar-refractivity contribution in [2.75, 3.05) is 19.5 Å². The molecule has 0 N–H and O–H groups in total. The number of oxazole rings is 1. The van der Waals surface area contributed by atoms with E-state index in [1.807, 2.05) is 19.1 Å². The Hall–Kier alpha value is -2.25. The van der Waals surface area contributed by atoms with Gasteiger partial charge in [-0.15, -0.1) is 11.8 Å². The molecule has 1 aromatic carbocycles. The molecule has 0 amide bonds. The minimum atomic E-state index is -0.291. The van der Waals surface area contributed by atoms with Crippen molar-refractivity contribution in [1.82, 2.24) is 4.98 Å². The highest BCUT2D eigenvalue weighted by Gasteiger charge is 2.27. The van der Waals surface area contributed by atoms with Crippen molar-refractivity contribution in [2.45, 2.75) is 58.7 Å². The van der Waals surface area contributed by atoms with Crippen molar-refractivity contribution in [3.8, 4) is 11.5 Å². The van der Waals surface area contributed by atoms with Crippen LogP contribution in [0.15, 0.2) is 39.3 Å². The predicted molar refractivity (Wildman–Crippen MR) is 124 cm³/mol. The van der Waals surface area contributed by atoms with E-state index in [4.69, 9.17) is 18.6 Å². The van der Waals surface area contributed by atoms with Crippen LogP contribution < -0.4 is 0 Å². The predicted octanol–water partition coefficient (Wildman–Crippen LogP) is 5.57. The lowest BCUT2D eigenvalue weighted by atomic mass is 9.88. The van der Waals surface area contributed by atoms with Crippen LogP contribution in [0.1, 0.15) is 49.1 Å². The van der Waals surface area contributed by atoms with Crippen molar-refractivity contribution in [1.29, 1.82) is 0 Å². The van der Waals surface area contributed by atoms with Crippen LogP contribution >= 0.6 is 11.8 Å². The molecule has 6 nitrogen and oxygen atoms in total. The molecule has 1 aromatic heterocycles. The van der Waals surface area contributed by atoms with Gasteiger partial charge in [-0.2, -0.15) is 0 Å². The molecule has 4 rings (SSSR count). The molecule has 32 heavy (non-hydrogen) atoms. The lowest BCUT2D eigenvalue weighted by molar-refractivity contribution is -0.135. The van der Waals surface area contributed by atoms with Crippen LogP contribution in [0.4, 0.5) is 0 Å². The SMILES string of the molecule is COC(=O)C1=C(OC[C@@H]2CCC[C@H](OCc3nc(-c4ccc(C)cc4)oc3C)C2)CCS1. The molecule has 0 unspecified atom stereocenters. The van der Waals surface area contributed by atoms with Crippen molar-refractivity contribution < 1.29 is 23.4 Å². The molecule has 1 fully saturated rings. The first-order valence-electron chi connectivity index (χ1n) is 11.3. The second-order valence-corrected chi connectivity index (χ2v) is 9.61. The number of nitrogens with zero attached hydrogens (tertiary/aromatic N) is 1. The standard InChI is InChI=1S/C25H31NO5S/c1-16-7-9-19(10-8-16)24-26-21(17(2)31-24)15-29-20-6-4-5-18(13-20)14-30-22-11-12-32-23(22)25(27)28-3/h7-10,18,20H,4-6,11-15H2,1-3H3/t18-,20+/m1/s1. The van der Waals surface area contributed by atoms with Gasteiger partial charge in [-0.1, -0.05) is 24.1 Å². The van der Waals surface area contributed by atoms with Gasteiger partial charge in [0, 0.05) is 17.7 Å². The number of esters is 1. The van der Waals surface area contributed by atoms with Crippen LogP contribution in [-0.4, -0.2) is 36.5 Å². The summed E-state index contributed by atoms with van der Waals surface area (Å²) in [5.41, 5.74) is 3.04. The fraction of sp³-hybridized carbons (Fsp3) is 0.520. The maximum atomic E-state index is 11.9. The van der Waals surface area contributed by atoms with Crippen LogP contribution in [0.2, 0.25) is 0 Å². The van der Waals surface area contributed by atoms with Crippen LogP contribution in [0.3, 0.4) is 0 Å². The summed E-state index contributed by atoms with van der Waals surface area (Å²) in [6.07, 6.45) is 5.20. The highest BCUT2D eigenvalue weighted by Crippen LogP contribution is 2.35. The van der Waals surface area contributed by atoms with Gasteiger partial charge < -0.3 is 18.6 Å². The summed E-state index contributed by atoms with van der Waals surface area (Å²) in [5.74, 6) is 3.23. The highest BCUT2D eigenvalue weighted by atomic mass is 32.2. The highest BCUT2D eigenvalue weighted by molar-refractivity contribution is 8.04. The fourth-order valence-corrected chi connectivity index (χ4v) is 5.20. The quantitative estimate of drug-likeness (QED) is 0.480. The second kappa shape index (κ2) is 10.6. The Morgan fingerprint density at radius 1 is 1.22 bits per heavy atom. The number of hydrogen-bond acceptors (Lipinski definition) is 7. The second-order valence-electron chi connectivity index (χ2n) is 8.51. The monoisotopic (exact) mass is 457 g/mol. The van der Waals surface area contributed by atoms with E-state index >= 15 is 0 Å². The Balaban J connectivity index is 1.29. The molecule has 0 spiro atoms. The summed E-state index contributed by atoms with van der Waals surface area (Å²) in [6.45, 7) is 5.08. The van der Waals surface area contributed by atoms with Gasteiger partial charge in [0.15, 0.2) is 0 Å². The summed E-state index contributed by atoms with van der Waals surface area (Å²) in [7, 11) is 1.41. The van der Waals surface area contributed by atoms with Gasteiger partial charge in [0.2, 0.25) is 5.89 Å². The van der Waals surface area contributed by atoms with E-state index in [0.717, 1.165) is 60.6 Å². The fourth-order valence-electron chi connectivity index (χ4n) is 4.18. The van der Waals surface area contributed by atoms with Crippen LogP contribution in [0, 0.1) is 19.8 Å². The summed E-state index contributed by atoms with van der Waals surface area (Å²) >= 11 is 1.52. The van der Waals surface area contributed by atoms with Gasteiger partial charge in [-0.25, -0.2) is 9.78 Å². The molecule has 0 saturated heterocycles. The Kier molecular flexibility index (Phi) is 7.58. The number of carbonyl (C=O) groups excluding carboxylic acids is 1. The third-order valence-electron chi connectivity index (χ3n) is 6.07. The van der Waals surface area contributed by atoms with Crippen molar-refractivity contribution in [3.63, 3.8) is 0 Å². The minimum absolute atomic E-state index is 0.184. The largest absolute Gasteiger partial charge is 0.496 e. The number of methoxy groups -OCH3 is 1. The molecule has 1 aliphatic carbocycles. The van der Waals surface area contributed by atoms with Gasteiger partial charge in [0.05, 0.1) is 26.4 Å². The van der Waals surface area contributed by atoms with Crippen molar-refractivity contribution >= 4 is 17.7 Å². The van der Waals surface area contributed by atoms with Gasteiger partial charge in [-0.05, 0) is 51.2 Å². The zero-order chi connectivity index (χ0) is 22.5. The minimum Gasteiger partial charge on any atom is -0.496 e. The zero-order valence-electron chi connectivity index (χ0n) is 19.0. The van der Waals surface area contributed by atoms with Crippen molar-refractivity contribution in [2.24, 2.45) is 5.92 Å². The average molecular weight is 458 g/mol. The lowest BCUT2D eigenvalue weighted by Crippen LogP contribution is -2.25. The van der Waals surface area contributed by atoms with Crippen LogP contribution in [-0.2, 0) is 25.6 Å². The third-order valence-corrected chi connectivity index (χ3v) is 7.17. The van der Waals surface area contributed by atoms with E-state index in [1.165, 1.54) is 24.4 Å². The molecule has 7 heteroatoms. The molecule has 2 atom stereocenters. The number of carbonyl (C=O) groups is 1. The van der Waals surface area contributed by atoms with E-state index < -0.39 is 0 Å². The van der Waals surface area contributed by atoms with E-state index in [1.54, 1.807) is 0 Å². The Labute approximate surface area is 193 Å². The number of hydrogen-bond donors (Lipinski definition) is 0. The van der Waals surface area contributed by atoms with Crippen LogP contribution in [0.25, 0.3) is 11.5 Å². The molecule has 2 aliphatic rings. The van der Waals surface area contributed by atoms with E-state index in [2.05, 4.69) is 24.0 Å². The molecular formula is C25H31NO5S. The Morgan fingerprint density at radius 3 is 2.81 bits per heavy atom. The molecule has 172 valence electrons. The number of rotatable bonds is 8. The normalized spacial score (nSPS) is 21.1. The zero-order valence-corrected chi connectivity index (χ0v) is 19.8. The van der Waals surface area contributed by atoms with Crippen LogP contribution in [0.5, 0.6) is 0 Å². The van der Waals surface area contributed by atoms with Crippen molar-refractivity contribution in [3.05, 3.63) is 51.9 Å². The maximum absolute atomic E-state index is 11.9. The molecule has 0 bridgehead atoms. The maximum Gasteiger partial charge on any atom is 0.347 e. The van der Waals surface area contributed by atoms with Gasteiger partial charge in [-0.3, -0.25) is 0 Å². The number of ether oxygens (including phenoxy) is 3. The third kappa shape index (κ3) is 5.56. The van der Waals surface area contributed by atoms with E-state index in [9.17, 15) is 4.79 Å². The smallest absolute Gasteiger partial charge is 0.347 e. The molecule has 2 heterocycles. The summed E-state index contributed by atoms with van der Waals surface area (Å²) in [5, 5.41) is 0. The average Bonchev–Trinajstić information content (AvgIpc) is 3.43. The number of aryl methyl sites for hydroxylation is 2. The van der Waals surface area contributed by atoms with Gasteiger partial charge in [0.1, 0.15) is 22.1 Å². The van der Waals surface area contributed by atoms with Gasteiger partial charge >= 0.3 is 5.97 Å². The molecular weight excluding hydrogens is 426 g/mol. The first kappa shape index (κ1) is 22.9. The van der Waals surface area contributed by atoms with E-state index in [0.29, 0.717) is 29.9 Å². The summed E-state index contributed by atoms with van der Waals surface area (Å²) < 4.78 is 23.0. The topological polar surface area (TPSA) is 70.8 Å². The molecule has 1 saturated carbocycles. The lowest BCUT2D eigenvalue weighted by Gasteiger charge is -2.29. The van der Waals surface area contributed by atoms with E-state index in [-0.39, 0.29) is 12.1 Å². The number of allylic oxidation sites excluding steroid dienone is 1.